The van der Waals surface area contributed by atoms with Gasteiger partial charge in [-0.3, -0.25) is 10.2 Å². The fraction of sp³-hybridized carbons (Fsp3) is 0. The van der Waals surface area contributed by atoms with Crippen LogP contribution in [0.15, 0.2) is 47.4 Å². The Morgan fingerprint density at radius 3 is 2.14 bits per heavy atom. The monoisotopic (exact) mass is 330 g/mol. The molecule has 0 unspecified atom stereocenters. The topological polar surface area (TPSA) is 75.3 Å². The van der Waals surface area contributed by atoms with Gasteiger partial charge in [0.2, 0.25) is 0 Å². The van der Waals surface area contributed by atoms with E-state index in [-0.39, 0.29) is 5.56 Å². The number of hydrazine groups is 1. The molecule has 0 bridgehead atoms. The summed E-state index contributed by atoms with van der Waals surface area (Å²) < 4.78 is 62.1. The summed E-state index contributed by atoms with van der Waals surface area (Å²) >= 11 is 0. The third-order valence-corrected chi connectivity index (χ3v) is 3.85. The van der Waals surface area contributed by atoms with Crippen LogP contribution in [0, 0.1) is 17.5 Å². The van der Waals surface area contributed by atoms with E-state index < -0.39 is 38.3 Å². The van der Waals surface area contributed by atoms with Crippen LogP contribution in [0.5, 0.6) is 0 Å². The first-order valence-electron chi connectivity index (χ1n) is 5.82. The van der Waals surface area contributed by atoms with Crippen molar-refractivity contribution in [3.05, 3.63) is 65.5 Å². The molecule has 0 saturated carbocycles. The minimum Gasteiger partial charge on any atom is -0.273 e. The zero-order chi connectivity index (χ0) is 16.3. The van der Waals surface area contributed by atoms with Crippen molar-refractivity contribution in [2.75, 3.05) is 0 Å². The Balaban J connectivity index is 2.10. The number of halogens is 3. The zero-order valence-corrected chi connectivity index (χ0v) is 11.6. The summed E-state index contributed by atoms with van der Waals surface area (Å²) in [5.74, 6) is -3.94. The minimum atomic E-state index is -4.27. The van der Waals surface area contributed by atoms with Gasteiger partial charge in [0.15, 0.2) is 11.6 Å². The maximum absolute atomic E-state index is 13.0. The van der Waals surface area contributed by atoms with Crippen LogP contribution in [0.1, 0.15) is 10.4 Å². The number of sulfonamides is 1. The first-order chi connectivity index (χ1) is 10.3. The number of rotatable bonds is 4. The third kappa shape index (κ3) is 3.62. The molecular formula is C13H9F3N2O3S. The summed E-state index contributed by atoms with van der Waals surface area (Å²) in [7, 11) is -4.27. The molecule has 0 fully saturated rings. The van der Waals surface area contributed by atoms with Gasteiger partial charge in [-0.15, -0.1) is 4.83 Å². The molecule has 2 aromatic carbocycles. The molecule has 5 nitrogen and oxygen atoms in total. The van der Waals surface area contributed by atoms with Crippen LogP contribution in [0.4, 0.5) is 13.2 Å². The molecule has 22 heavy (non-hydrogen) atoms. The minimum absolute atomic E-state index is 0.00869. The van der Waals surface area contributed by atoms with Gasteiger partial charge in [0, 0.05) is 5.56 Å². The van der Waals surface area contributed by atoms with Crippen molar-refractivity contribution in [3.8, 4) is 0 Å². The number of amides is 1. The molecule has 2 rings (SSSR count). The second-order valence-corrected chi connectivity index (χ2v) is 5.82. The van der Waals surface area contributed by atoms with Crippen molar-refractivity contribution in [1.29, 1.82) is 0 Å². The summed E-state index contributed by atoms with van der Waals surface area (Å²) in [5.41, 5.74) is 1.88. The second-order valence-electron chi connectivity index (χ2n) is 4.14. The Morgan fingerprint density at radius 2 is 1.55 bits per heavy atom. The van der Waals surface area contributed by atoms with Crippen molar-refractivity contribution in [1.82, 2.24) is 10.3 Å². The summed E-state index contributed by atoms with van der Waals surface area (Å²) in [6.45, 7) is 0. The maximum atomic E-state index is 13.0. The molecular weight excluding hydrogens is 321 g/mol. The quantitative estimate of drug-likeness (QED) is 0.839. The predicted octanol–water partition coefficient (Wildman–Crippen LogP) is 1.73. The highest BCUT2D eigenvalue weighted by atomic mass is 32.2. The summed E-state index contributed by atoms with van der Waals surface area (Å²) in [5, 5.41) is 0. The van der Waals surface area contributed by atoms with E-state index in [9.17, 15) is 26.4 Å². The van der Waals surface area contributed by atoms with Crippen LogP contribution >= 0.6 is 0 Å². The van der Waals surface area contributed by atoms with Crippen LogP contribution in [-0.4, -0.2) is 14.3 Å². The van der Waals surface area contributed by atoms with Crippen LogP contribution in [0.25, 0.3) is 0 Å². The van der Waals surface area contributed by atoms with E-state index in [0.717, 1.165) is 30.3 Å². The van der Waals surface area contributed by atoms with E-state index in [2.05, 4.69) is 0 Å². The highest BCUT2D eigenvalue weighted by molar-refractivity contribution is 7.89. The number of hydrogen-bond donors (Lipinski definition) is 2. The molecule has 0 atom stereocenters. The van der Waals surface area contributed by atoms with Gasteiger partial charge in [0.1, 0.15) is 5.82 Å². The molecule has 9 heteroatoms. The molecule has 0 radical (unpaired) electrons. The maximum Gasteiger partial charge on any atom is 0.266 e. The van der Waals surface area contributed by atoms with Crippen molar-refractivity contribution in [2.45, 2.75) is 4.90 Å². The van der Waals surface area contributed by atoms with Gasteiger partial charge in [-0.25, -0.2) is 21.6 Å². The van der Waals surface area contributed by atoms with Gasteiger partial charge in [0.25, 0.3) is 15.9 Å². The molecule has 0 aliphatic carbocycles. The van der Waals surface area contributed by atoms with Gasteiger partial charge in [-0.1, -0.05) is 0 Å². The van der Waals surface area contributed by atoms with Gasteiger partial charge < -0.3 is 0 Å². The average Bonchev–Trinajstić information content (AvgIpc) is 2.48. The van der Waals surface area contributed by atoms with E-state index in [0.29, 0.717) is 12.1 Å². The van der Waals surface area contributed by atoms with Crippen LogP contribution in [0.2, 0.25) is 0 Å². The number of nitrogens with one attached hydrogen (secondary N) is 2. The first-order valence-corrected chi connectivity index (χ1v) is 7.31. The summed E-state index contributed by atoms with van der Waals surface area (Å²) in [6.07, 6.45) is 0. The molecule has 0 aromatic heterocycles. The number of carbonyl (C=O) groups excluding carboxylic acids is 1. The van der Waals surface area contributed by atoms with Gasteiger partial charge in [0.05, 0.1) is 4.90 Å². The van der Waals surface area contributed by atoms with E-state index >= 15 is 0 Å². The van der Waals surface area contributed by atoms with Gasteiger partial charge in [-0.05, 0) is 42.5 Å². The first kappa shape index (κ1) is 16.0. The molecule has 0 aliphatic rings. The lowest BCUT2D eigenvalue weighted by molar-refractivity contribution is 0.0945. The molecule has 116 valence electrons. The van der Waals surface area contributed by atoms with Crippen molar-refractivity contribution in [2.24, 2.45) is 0 Å². The van der Waals surface area contributed by atoms with Crippen LogP contribution < -0.4 is 10.3 Å². The van der Waals surface area contributed by atoms with Gasteiger partial charge >= 0.3 is 0 Å². The molecule has 1 amide bonds. The normalized spacial score (nSPS) is 11.2. The van der Waals surface area contributed by atoms with Crippen molar-refractivity contribution >= 4 is 15.9 Å². The van der Waals surface area contributed by atoms with Crippen LogP contribution in [-0.2, 0) is 10.0 Å². The Labute approximate surface area is 123 Å². The lowest BCUT2D eigenvalue weighted by atomic mass is 10.2. The largest absolute Gasteiger partial charge is 0.273 e. The van der Waals surface area contributed by atoms with Crippen molar-refractivity contribution in [3.63, 3.8) is 0 Å². The smallest absolute Gasteiger partial charge is 0.266 e. The van der Waals surface area contributed by atoms with E-state index in [1.165, 1.54) is 0 Å². The fourth-order valence-corrected chi connectivity index (χ4v) is 2.34. The molecule has 0 saturated heterocycles. The lowest BCUT2D eigenvalue weighted by Gasteiger charge is -2.08. The highest BCUT2D eigenvalue weighted by Crippen LogP contribution is 2.13. The SMILES string of the molecule is O=C(NNS(=O)(=O)c1ccc(F)c(F)c1)c1ccc(F)cc1. The Hall–Kier alpha value is -2.39. The van der Waals surface area contributed by atoms with Crippen LogP contribution in [0.3, 0.4) is 0 Å². The summed E-state index contributed by atoms with van der Waals surface area (Å²) in [6, 6.07) is 6.31. The zero-order valence-electron chi connectivity index (χ0n) is 10.8. The molecule has 0 spiro atoms. The second kappa shape index (κ2) is 6.16. The molecule has 2 aromatic rings. The number of benzene rings is 2. The Morgan fingerprint density at radius 1 is 0.909 bits per heavy atom. The highest BCUT2D eigenvalue weighted by Gasteiger charge is 2.17. The van der Waals surface area contributed by atoms with E-state index in [1.807, 2.05) is 5.43 Å². The van der Waals surface area contributed by atoms with E-state index in [4.69, 9.17) is 0 Å². The molecule has 2 N–H and O–H groups in total. The molecule has 0 aliphatic heterocycles. The number of carbonyl (C=O) groups is 1. The average molecular weight is 330 g/mol. The van der Waals surface area contributed by atoms with Gasteiger partial charge in [-0.2, -0.15) is 0 Å². The third-order valence-electron chi connectivity index (χ3n) is 2.61. The Kier molecular flexibility index (Phi) is 4.48. The molecule has 0 heterocycles. The lowest BCUT2D eigenvalue weighted by Crippen LogP contribution is -2.41. The standard InChI is InChI=1S/C13H9F3N2O3S/c14-9-3-1-8(2-4-9)13(19)17-18-22(20,21)10-5-6-11(15)12(16)7-10/h1-7,18H,(H,17,19). The number of hydrogen-bond acceptors (Lipinski definition) is 3. The predicted molar refractivity (Wildman–Crippen MR) is 70.5 cm³/mol. The summed E-state index contributed by atoms with van der Waals surface area (Å²) in [4.78, 5) is 12.8. The fourth-order valence-electron chi connectivity index (χ4n) is 1.49. The van der Waals surface area contributed by atoms with E-state index in [1.54, 1.807) is 4.83 Å². The van der Waals surface area contributed by atoms with Crippen molar-refractivity contribution < 1.29 is 26.4 Å². The Bertz CT molecular complexity index is 808.